The van der Waals surface area contributed by atoms with Crippen molar-refractivity contribution in [1.29, 1.82) is 0 Å². The van der Waals surface area contributed by atoms with Crippen LogP contribution in [0.25, 0.3) is 0 Å². The van der Waals surface area contributed by atoms with Gasteiger partial charge in [0.25, 0.3) is 0 Å². The molecule has 0 saturated heterocycles. The lowest BCUT2D eigenvalue weighted by Crippen LogP contribution is -2.76. The summed E-state index contributed by atoms with van der Waals surface area (Å²) in [6.07, 6.45) is 5.12. The second-order valence-corrected chi connectivity index (χ2v) is 8.74. The van der Waals surface area contributed by atoms with Crippen LogP contribution in [0.15, 0.2) is 24.3 Å². The normalized spacial score (nSPS) is 28.4. The van der Waals surface area contributed by atoms with Gasteiger partial charge in [0.15, 0.2) is 0 Å². The van der Waals surface area contributed by atoms with Crippen molar-refractivity contribution >= 4 is 5.91 Å². The minimum Gasteiger partial charge on any atom is -0.497 e. The Bertz CT molecular complexity index is 682. The summed E-state index contributed by atoms with van der Waals surface area (Å²) < 4.78 is 11.2. The average molecular weight is 375 g/mol. The monoisotopic (exact) mass is 374 g/mol. The Hall–Kier alpha value is -1.59. The lowest BCUT2D eigenvalue weighted by atomic mass is 9.54. The number of hydrogen-bond acceptors (Lipinski definition) is 4. The smallest absolute Gasteiger partial charge is 0.240 e. The molecule has 0 aromatic heterocycles. The summed E-state index contributed by atoms with van der Waals surface area (Å²) in [5, 5.41) is 3.20. The van der Waals surface area contributed by atoms with Crippen molar-refractivity contribution in [3.63, 3.8) is 0 Å². The molecule has 0 spiro atoms. The summed E-state index contributed by atoms with van der Waals surface area (Å²) in [7, 11) is 1.69. The van der Waals surface area contributed by atoms with Crippen molar-refractivity contribution in [3.8, 4) is 5.75 Å². The fourth-order valence-corrected chi connectivity index (χ4v) is 4.80. The molecule has 0 heterocycles. The zero-order valence-corrected chi connectivity index (χ0v) is 17.1. The van der Waals surface area contributed by atoms with E-state index in [9.17, 15) is 4.79 Å². The SMILES string of the molecule is CCOC1CC(N)(C(=O)NCC2(c3cccc(OC)c3)CCCC2)C1(C)C. The van der Waals surface area contributed by atoms with Crippen molar-refractivity contribution < 1.29 is 14.3 Å². The summed E-state index contributed by atoms with van der Waals surface area (Å²) in [4.78, 5) is 13.0. The van der Waals surface area contributed by atoms with Crippen molar-refractivity contribution in [1.82, 2.24) is 5.32 Å². The van der Waals surface area contributed by atoms with Gasteiger partial charge >= 0.3 is 0 Å². The first-order chi connectivity index (χ1) is 12.8. The number of amides is 1. The molecule has 0 bridgehead atoms. The van der Waals surface area contributed by atoms with Crippen LogP contribution in [0.1, 0.15) is 58.4 Å². The van der Waals surface area contributed by atoms with Crippen LogP contribution in [0.2, 0.25) is 0 Å². The lowest BCUT2D eigenvalue weighted by Gasteiger charge is -2.57. The Morgan fingerprint density at radius 1 is 1.30 bits per heavy atom. The second kappa shape index (κ2) is 7.44. The van der Waals surface area contributed by atoms with E-state index < -0.39 is 5.54 Å². The highest BCUT2D eigenvalue weighted by Crippen LogP contribution is 2.50. The quantitative estimate of drug-likeness (QED) is 0.769. The Morgan fingerprint density at radius 2 is 2.00 bits per heavy atom. The molecule has 3 rings (SSSR count). The number of nitrogens with one attached hydrogen (secondary N) is 1. The first-order valence-corrected chi connectivity index (χ1v) is 10.1. The topological polar surface area (TPSA) is 73.6 Å². The van der Waals surface area contributed by atoms with E-state index in [0.29, 0.717) is 19.6 Å². The number of ether oxygens (including phenoxy) is 2. The second-order valence-electron chi connectivity index (χ2n) is 8.74. The zero-order valence-electron chi connectivity index (χ0n) is 17.1. The van der Waals surface area contributed by atoms with Crippen LogP contribution >= 0.6 is 0 Å². The van der Waals surface area contributed by atoms with Gasteiger partial charge in [-0.25, -0.2) is 0 Å². The van der Waals surface area contributed by atoms with Crippen LogP contribution in [-0.2, 0) is 14.9 Å². The van der Waals surface area contributed by atoms with Crippen LogP contribution in [0.3, 0.4) is 0 Å². The molecule has 2 aliphatic carbocycles. The number of benzene rings is 1. The Morgan fingerprint density at radius 3 is 2.59 bits per heavy atom. The molecule has 2 saturated carbocycles. The first kappa shape index (κ1) is 20.2. The van der Waals surface area contributed by atoms with E-state index in [0.717, 1.165) is 18.6 Å². The minimum absolute atomic E-state index is 0.0340. The molecule has 2 aliphatic rings. The molecule has 0 aliphatic heterocycles. The van der Waals surface area contributed by atoms with Gasteiger partial charge in [0, 0.05) is 30.4 Å². The van der Waals surface area contributed by atoms with Gasteiger partial charge in [0.1, 0.15) is 11.3 Å². The maximum absolute atomic E-state index is 13.0. The molecule has 1 aromatic rings. The highest BCUT2D eigenvalue weighted by Gasteiger charge is 2.63. The van der Waals surface area contributed by atoms with Crippen LogP contribution in [0.4, 0.5) is 0 Å². The number of rotatable bonds is 7. The molecule has 5 heteroatoms. The molecule has 1 amide bonds. The van der Waals surface area contributed by atoms with E-state index in [1.807, 2.05) is 32.9 Å². The van der Waals surface area contributed by atoms with Crippen molar-refractivity contribution in [2.45, 2.75) is 69.9 Å². The van der Waals surface area contributed by atoms with E-state index in [2.05, 4.69) is 17.4 Å². The van der Waals surface area contributed by atoms with Gasteiger partial charge in [0.2, 0.25) is 5.91 Å². The maximum atomic E-state index is 13.0. The van der Waals surface area contributed by atoms with Gasteiger partial charge < -0.3 is 20.5 Å². The van der Waals surface area contributed by atoms with E-state index in [-0.39, 0.29) is 22.8 Å². The Labute approximate surface area is 163 Å². The molecule has 150 valence electrons. The molecular formula is C22H34N2O3. The van der Waals surface area contributed by atoms with E-state index >= 15 is 0 Å². The van der Waals surface area contributed by atoms with Gasteiger partial charge in [-0.3, -0.25) is 4.79 Å². The van der Waals surface area contributed by atoms with Crippen molar-refractivity contribution in [2.24, 2.45) is 11.1 Å². The standard InChI is InChI=1S/C22H34N2O3/c1-5-27-18-14-22(23,20(18,2)3)19(25)24-15-21(11-6-7-12-21)16-9-8-10-17(13-16)26-4/h8-10,13,18H,5-7,11-12,14-15,23H2,1-4H3,(H,24,25). The molecule has 1 aromatic carbocycles. The van der Waals surface area contributed by atoms with Gasteiger partial charge in [0.05, 0.1) is 13.2 Å². The molecule has 3 N–H and O–H groups in total. The molecule has 27 heavy (non-hydrogen) atoms. The summed E-state index contributed by atoms with van der Waals surface area (Å²) >= 11 is 0. The third-order valence-electron chi connectivity index (χ3n) is 7.07. The number of carbonyl (C=O) groups is 1. The fourth-order valence-electron chi connectivity index (χ4n) is 4.80. The van der Waals surface area contributed by atoms with Crippen LogP contribution in [0, 0.1) is 5.41 Å². The Balaban J connectivity index is 1.73. The number of methoxy groups -OCH3 is 1. The lowest BCUT2D eigenvalue weighted by molar-refractivity contribution is -0.170. The van der Waals surface area contributed by atoms with Gasteiger partial charge in [-0.05, 0) is 37.5 Å². The van der Waals surface area contributed by atoms with Gasteiger partial charge in [-0.1, -0.05) is 38.8 Å². The molecule has 2 unspecified atom stereocenters. The van der Waals surface area contributed by atoms with Crippen molar-refractivity contribution in [2.75, 3.05) is 20.3 Å². The summed E-state index contributed by atoms with van der Waals surface area (Å²) in [6.45, 7) is 7.30. The number of nitrogens with two attached hydrogens (primary N) is 1. The molecular weight excluding hydrogens is 340 g/mol. The van der Waals surface area contributed by atoms with E-state index in [1.165, 1.54) is 18.4 Å². The number of hydrogen-bond donors (Lipinski definition) is 2. The summed E-state index contributed by atoms with van der Waals surface area (Å²) in [5.74, 6) is 0.803. The molecule has 2 fully saturated rings. The summed E-state index contributed by atoms with van der Waals surface area (Å²) in [5.41, 5.74) is 6.51. The largest absolute Gasteiger partial charge is 0.497 e. The van der Waals surface area contributed by atoms with Crippen LogP contribution < -0.4 is 15.8 Å². The highest BCUT2D eigenvalue weighted by atomic mass is 16.5. The molecule has 0 radical (unpaired) electrons. The van der Waals surface area contributed by atoms with Gasteiger partial charge in [-0.2, -0.15) is 0 Å². The highest BCUT2D eigenvalue weighted by molar-refractivity contribution is 5.89. The maximum Gasteiger partial charge on any atom is 0.240 e. The third-order valence-corrected chi connectivity index (χ3v) is 7.07. The number of carbonyl (C=O) groups excluding carboxylic acids is 1. The van der Waals surface area contributed by atoms with Crippen LogP contribution in [0.5, 0.6) is 5.75 Å². The van der Waals surface area contributed by atoms with E-state index in [4.69, 9.17) is 15.2 Å². The first-order valence-electron chi connectivity index (χ1n) is 10.1. The van der Waals surface area contributed by atoms with E-state index in [1.54, 1.807) is 7.11 Å². The third kappa shape index (κ3) is 3.36. The average Bonchev–Trinajstić information content (AvgIpc) is 3.16. The molecule has 2 atom stereocenters. The fraction of sp³-hybridized carbons (Fsp3) is 0.682. The predicted molar refractivity (Wildman–Crippen MR) is 107 cm³/mol. The summed E-state index contributed by atoms with van der Waals surface area (Å²) in [6, 6.07) is 8.25. The molecule has 5 nitrogen and oxygen atoms in total. The minimum atomic E-state index is -0.874. The van der Waals surface area contributed by atoms with Gasteiger partial charge in [-0.15, -0.1) is 0 Å². The van der Waals surface area contributed by atoms with Crippen molar-refractivity contribution in [3.05, 3.63) is 29.8 Å². The Kier molecular flexibility index (Phi) is 5.55. The zero-order chi connectivity index (χ0) is 19.7. The van der Waals surface area contributed by atoms with Crippen LogP contribution in [-0.4, -0.2) is 37.8 Å². The predicted octanol–water partition coefficient (Wildman–Crippen LogP) is 3.16.